The summed E-state index contributed by atoms with van der Waals surface area (Å²) in [6.07, 6.45) is 1.20. The van der Waals surface area contributed by atoms with Crippen molar-refractivity contribution in [1.82, 2.24) is 10.3 Å². The van der Waals surface area contributed by atoms with Crippen LogP contribution in [0.5, 0.6) is 5.75 Å². The first-order chi connectivity index (χ1) is 17.4. The van der Waals surface area contributed by atoms with Gasteiger partial charge in [-0.1, -0.05) is 6.92 Å². The molecule has 9 nitrogen and oxygen atoms in total. The van der Waals surface area contributed by atoms with Gasteiger partial charge in [0.1, 0.15) is 35.6 Å². The van der Waals surface area contributed by atoms with Crippen molar-refractivity contribution in [3.8, 4) is 5.75 Å². The number of nitrogens with one attached hydrogen (secondary N) is 2. The Kier molecular flexibility index (Phi) is 9.30. The quantitative estimate of drug-likeness (QED) is 0.357. The predicted octanol–water partition coefficient (Wildman–Crippen LogP) is 3.16. The molecule has 2 aromatic rings. The van der Waals surface area contributed by atoms with Gasteiger partial charge in [0.05, 0.1) is 11.3 Å². The monoisotopic (exact) mass is 540 g/mol. The van der Waals surface area contributed by atoms with E-state index < -0.39 is 38.9 Å². The summed E-state index contributed by atoms with van der Waals surface area (Å²) in [5.74, 6) is -0.690. The normalized spacial score (nSPS) is 17.8. The summed E-state index contributed by atoms with van der Waals surface area (Å²) in [4.78, 5) is 17.6. The highest BCUT2D eigenvalue weighted by molar-refractivity contribution is 7.93. The second-order valence-electron chi connectivity index (χ2n) is 9.61. The van der Waals surface area contributed by atoms with Gasteiger partial charge in [0.2, 0.25) is 10.0 Å². The van der Waals surface area contributed by atoms with Crippen LogP contribution in [0.4, 0.5) is 20.4 Å². The standard InChI is InChI=1S/C25H34F2N4O5S/c1-15(2)37(34,35)31(4)24-9-17(8-23(30-24)28-13-18-7-16(18)3)25(33)29-21(5-6-32)14-36-22-11-19(26)10-20(27)12-22/h8-12,15-16,18,21,32H,5-7,13-14H2,1-4H3,(H,28,30)(H,29,33). The molecule has 12 heteroatoms. The van der Waals surface area contributed by atoms with Crippen molar-refractivity contribution in [2.75, 3.05) is 36.4 Å². The molecule has 1 fully saturated rings. The van der Waals surface area contributed by atoms with E-state index in [1.165, 1.54) is 19.2 Å². The third kappa shape index (κ3) is 7.75. The molecule has 0 bridgehead atoms. The Morgan fingerprint density at radius 3 is 2.43 bits per heavy atom. The Morgan fingerprint density at radius 2 is 1.86 bits per heavy atom. The summed E-state index contributed by atoms with van der Waals surface area (Å²) in [5, 5.41) is 14.7. The zero-order valence-corrected chi connectivity index (χ0v) is 22.2. The fourth-order valence-electron chi connectivity index (χ4n) is 3.70. The van der Waals surface area contributed by atoms with E-state index >= 15 is 0 Å². The third-order valence-corrected chi connectivity index (χ3v) is 8.44. The van der Waals surface area contributed by atoms with Crippen molar-refractivity contribution in [1.29, 1.82) is 0 Å². The number of hydrogen-bond acceptors (Lipinski definition) is 7. The van der Waals surface area contributed by atoms with Crippen LogP contribution >= 0.6 is 0 Å². The maximum absolute atomic E-state index is 13.5. The van der Waals surface area contributed by atoms with Crippen molar-refractivity contribution < 1.29 is 31.8 Å². The van der Waals surface area contributed by atoms with Gasteiger partial charge in [-0.2, -0.15) is 0 Å². The lowest BCUT2D eigenvalue weighted by Crippen LogP contribution is -2.40. The molecule has 0 spiro atoms. The van der Waals surface area contributed by atoms with Gasteiger partial charge in [0, 0.05) is 44.0 Å². The number of aliphatic hydroxyl groups excluding tert-OH is 1. The molecule has 1 heterocycles. The number of carbonyl (C=O) groups is 1. The molecule has 0 saturated heterocycles. The van der Waals surface area contributed by atoms with Crippen LogP contribution in [0.3, 0.4) is 0 Å². The average molecular weight is 541 g/mol. The first-order valence-electron chi connectivity index (χ1n) is 12.1. The topological polar surface area (TPSA) is 121 Å². The fourth-order valence-corrected chi connectivity index (χ4v) is 4.68. The molecule has 204 valence electrons. The lowest BCUT2D eigenvalue weighted by molar-refractivity contribution is 0.0910. The summed E-state index contributed by atoms with van der Waals surface area (Å²) in [7, 11) is -2.32. The van der Waals surface area contributed by atoms with E-state index in [4.69, 9.17) is 4.74 Å². The number of carbonyl (C=O) groups excluding carboxylic acids is 1. The zero-order chi connectivity index (χ0) is 27.3. The van der Waals surface area contributed by atoms with Gasteiger partial charge in [-0.25, -0.2) is 22.2 Å². The maximum Gasteiger partial charge on any atom is 0.251 e. The number of halogens is 2. The number of anilines is 2. The van der Waals surface area contributed by atoms with Crippen LogP contribution < -0.4 is 19.7 Å². The molecule has 1 aliphatic rings. The number of benzene rings is 1. The van der Waals surface area contributed by atoms with Crippen LogP contribution in [0.25, 0.3) is 0 Å². The zero-order valence-electron chi connectivity index (χ0n) is 21.4. The van der Waals surface area contributed by atoms with E-state index in [2.05, 4.69) is 22.5 Å². The molecule has 3 atom stereocenters. The Bertz CT molecular complexity index is 1190. The van der Waals surface area contributed by atoms with E-state index in [0.29, 0.717) is 30.3 Å². The van der Waals surface area contributed by atoms with Gasteiger partial charge in [-0.15, -0.1) is 0 Å². The Labute approximate surface area is 216 Å². The summed E-state index contributed by atoms with van der Waals surface area (Å²) in [5.41, 5.74) is 0.155. The lowest BCUT2D eigenvalue weighted by atomic mass is 10.1. The molecule has 0 radical (unpaired) electrons. The number of ether oxygens (including phenoxy) is 1. The van der Waals surface area contributed by atoms with Gasteiger partial charge in [-0.3, -0.25) is 9.10 Å². The molecule has 1 aliphatic carbocycles. The van der Waals surface area contributed by atoms with Crippen LogP contribution in [0, 0.1) is 23.5 Å². The van der Waals surface area contributed by atoms with Gasteiger partial charge >= 0.3 is 0 Å². The van der Waals surface area contributed by atoms with Crippen molar-refractivity contribution in [3.05, 3.63) is 47.5 Å². The molecule has 3 N–H and O–H groups in total. The average Bonchev–Trinajstić information content (AvgIpc) is 3.54. The number of amides is 1. The molecule has 1 aromatic heterocycles. The van der Waals surface area contributed by atoms with Crippen LogP contribution in [-0.4, -0.2) is 62.5 Å². The third-order valence-electron chi connectivity index (χ3n) is 6.30. The molecule has 1 amide bonds. The Balaban J connectivity index is 1.80. The molecule has 37 heavy (non-hydrogen) atoms. The number of nitrogens with zero attached hydrogens (tertiary/aromatic N) is 2. The van der Waals surface area contributed by atoms with E-state index in [-0.39, 0.29) is 36.8 Å². The SMILES string of the molecule is CC1CC1CNc1cc(C(=O)NC(CCO)COc2cc(F)cc(F)c2)cc(N(C)S(=O)(=O)C(C)C)n1. The van der Waals surface area contributed by atoms with Crippen LogP contribution in [0.1, 0.15) is 44.0 Å². The van der Waals surface area contributed by atoms with Crippen LogP contribution in [0.15, 0.2) is 30.3 Å². The van der Waals surface area contributed by atoms with Crippen molar-refractivity contribution in [3.63, 3.8) is 0 Å². The van der Waals surface area contributed by atoms with Crippen LogP contribution in [-0.2, 0) is 10.0 Å². The first kappa shape index (κ1) is 28.6. The fraction of sp³-hybridized carbons (Fsp3) is 0.520. The van der Waals surface area contributed by atoms with E-state index in [0.717, 1.165) is 22.9 Å². The summed E-state index contributed by atoms with van der Waals surface area (Å²) in [6, 6.07) is 4.95. The highest BCUT2D eigenvalue weighted by atomic mass is 32.2. The first-order valence-corrected chi connectivity index (χ1v) is 13.6. The highest BCUT2D eigenvalue weighted by Crippen LogP contribution is 2.37. The van der Waals surface area contributed by atoms with Crippen molar-refractivity contribution >= 4 is 27.6 Å². The number of aliphatic hydroxyl groups is 1. The number of hydrogen-bond donors (Lipinski definition) is 3. The smallest absolute Gasteiger partial charge is 0.251 e. The highest BCUT2D eigenvalue weighted by Gasteiger charge is 2.32. The van der Waals surface area contributed by atoms with Crippen molar-refractivity contribution in [2.45, 2.75) is 44.9 Å². The Morgan fingerprint density at radius 1 is 1.22 bits per heavy atom. The maximum atomic E-state index is 13.5. The van der Waals surface area contributed by atoms with Gasteiger partial charge in [0.15, 0.2) is 0 Å². The van der Waals surface area contributed by atoms with E-state index in [9.17, 15) is 27.1 Å². The number of sulfonamides is 1. The summed E-state index contributed by atoms with van der Waals surface area (Å²) >= 11 is 0. The van der Waals surface area contributed by atoms with Gasteiger partial charge in [-0.05, 0) is 50.7 Å². The largest absolute Gasteiger partial charge is 0.491 e. The Hall–Kier alpha value is -2.99. The summed E-state index contributed by atoms with van der Waals surface area (Å²) in [6.45, 7) is 5.47. The number of aromatic nitrogens is 1. The molecule has 1 saturated carbocycles. The minimum absolute atomic E-state index is 0.0535. The predicted molar refractivity (Wildman–Crippen MR) is 137 cm³/mol. The van der Waals surface area contributed by atoms with E-state index in [1.807, 2.05) is 0 Å². The molecule has 3 rings (SSSR count). The minimum Gasteiger partial charge on any atom is -0.491 e. The second-order valence-corrected chi connectivity index (χ2v) is 12.1. The molecular formula is C25H34F2N4O5S. The molecule has 3 unspecified atom stereocenters. The molecule has 0 aliphatic heterocycles. The molecule has 1 aromatic carbocycles. The van der Waals surface area contributed by atoms with Gasteiger partial charge < -0.3 is 20.5 Å². The van der Waals surface area contributed by atoms with Gasteiger partial charge in [0.25, 0.3) is 5.91 Å². The summed E-state index contributed by atoms with van der Waals surface area (Å²) < 4.78 is 58.9. The molecular weight excluding hydrogens is 506 g/mol. The lowest BCUT2D eigenvalue weighted by Gasteiger charge is -2.23. The van der Waals surface area contributed by atoms with Crippen LogP contribution in [0.2, 0.25) is 0 Å². The van der Waals surface area contributed by atoms with Crippen molar-refractivity contribution in [2.24, 2.45) is 11.8 Å². The second kappa shape index (κ2) is 12.0. The number of rotatable bonds is 13. The van der Waals surface area contributed by atoms with E-state index in [1.54, 1.807) is 13.8 Å². The number of pyridine rings is 1. The minimum atomic E-state index is -3.70.